The standard InChI is InChI=1S/C7H5Br2F3S/c1-3-4(2-5(8)13-3)6(9)7(10,11)12/h2,6H,1H3. The molecule has 6 heteroatoms. The van der Waals surface area contributed by atoms with Crippen molar-refractivity contribution in [2.45, 2.75) is 17.9 Å². The summed E-state index contributed by atoms with van der Waals surface area (Å²) in [5.41, 5.74) is 0.282. The van der Waals surface area contributed by atoms with Crippen LogP contribution in [0.1, 0.15) is 15.3 Å². The molecule has 0 aliphatic carbocycles. The fraction of sp³-hybridized carbons (Fsp3) is 0.429. The Morgan fingerprint density at radius 1 is 1.46 bits per heavy atom. The zero-order chi connectivity index (χ0) is 10.2. The molecule has 0 fully saturated rings. The first-order valence-electron chi connectivity index (χ1n) is 3.29. The van der Waals surface area contributed by atoms with E-state index in [2.05, 4.69) is 31.9 Å². The van der Waals surface area contributed by atoms with Crippen molar-refractivity contribution >= 4 is 43.2 Å². The summed E-state index contributed by atoms with van der Waals surface area (Å²) in [5, 5.41) is 0. The van der Waals surface area contributed by atoms with Crippen LogP contribution < -0.4 is 0 Å². The lowest BCUT2D eigenvalue weighted by Crippen LogP contribution is -2.15. The number of rotatable bonds is 1. The fourth-order valence-corrected chi connectivity index (χ4v) is 3.26. The van der Waals surface area contributed by atoms with Gasteiger partial charge in [0.25, 0.3) is 0 Å². The summed E-state index contributed by atoms with van der Waals surface area (Å²) in [7, 11) is 0. The van der Waals surface area contributed by atoms with Gasteiger partial charge in [0.15, 0.2) is 0 Å². The van der Waals surface area contributed by atoms with Crippen molar-refractivity contribution < 1.29 is 13.2 Å². The maximum absolute atomic E-state index is 12.3. The van der Waals surface area contributed by atoms with Gasteiger partial charge in [-0.1, -0.05) is 15.9 Å². The van der Waals surface area contributed by atoms with E-state index in [0.717, 1.165) is 0 Å². The highest BCUT2D eigenvalue weighted by Crippen LogP contribution is 2.43. The highest BCUT2D eigenvalue weighted by molar-refractivity contribution is 9.11. The lowest BCUT2D eigenvalue weighted by Gasteiger charge is -2.13. The third kappa shape index (κ3) is 2.70. The molecular formula is C7H5Br2F3S. The minimum absolute atomic E-state index is 0.282. The van der Waals surface area contributed by atoms with Crippen LogP contribution in [0.2, 0.25) is 0 Å². The van der Waals surface area contributed by atoms with Gasteiger partial charge >= 0.3 is 6.18 Å². The van der Waals surface area contributed by atoms with Gasteiger partial charge in [-0.2, -0.15) is 13.2 Å². The Hall–Kier alpha value is 0.450. The minimum Gasteiger partial charge on any atom is -0.169 e. The molecule has 1 heterocycles. The van der Waals surface area contributed by atoms with Crippen LogP contribution in [0.5, 0.6) is 0 Å². The number of aryl methyl sites for hydroxylation is 1. The van der Waals surface area contributed by atoms with Gasteiger partial charge in [-0.05, 0) is 34.5 Å². The summed E-state index contributed by atoms with van der Waals surface area (Å²) in [6, 6.07) is 1.49. The number of alkyl halides is 4. The second-order valence-electron chi connectivity index (χ2n) is 2.47. The summed E-state index contributed by atoms with van der Waals surface area (Å²) in [4.78, 5) is -0.895. The monoisotopic (exact) mass is 336 g/mol. The number of hydrogen-bond acceptors (Lipinski definition) is 1. The van der Waals surface area contributed by atoms with E-state index in [0.29, 0.717) is 8.66 Å². The van der Waals surface area contributed by atoms with Crippen LogP contribution in [-0.2, 0) is 0 Å². The lowest BCUT2D eigenvalue weighted by atomic mass is 10.2. The molecule has 1 aromatic heterocycles. The van der Waals surface area contributed by atoms with Crippen LogP contribution in [0, 0.1) is 6.92 Å². The summed E-state index contributed by atoms with van der Waals surface area (Å²) in [5.74, 6) is 0. The number of halogens is 5. The van der Waals surface area contributed by atoms with Gasteiger partial charge in [0.2, 0.25) is 0 Å². The summed E-state index contributed by atoms with van der Waals surface area (Å²) >= 11 is 7.08. The smallest absolute Gasteiger partial charge is 0.169 e. The van der Waals surface area contributed by atoms with Crippen molar-refractivity contribution in [1.82, 2.24) is 0 Å². The van der Waals surface area contributed by atoms with Gasteiger partial charge in [-0.3, -0.25) is 0 Å². The van der Waals surface area contributed by atoms with Gasteiger partial charge in [-0.15, -0.1) is 11.3 Å². The second-order valence-corrected chi connectivity index (χ2v) is 6.02. The van der Waals surface area contributed by atoms with Gasteiger partial charge in [0.1, 0.15) is 4.83 Å². The van der Waals surface area contributed by atoms with Crippen LogP contribution in [0.3, 0.4) is 0 Å². The molecule has 0 aliphatic rings. The number of thiophene rings is 1. The number of hydrogen-bond donors (Lipinski definition) is 0. The highest BCUT2D eigenvalue weighted by Gasteiger charge is 2.40. The minimum atomic E-state index is -4.23. The van der Waals surface area contributed by atoms with Crippen molar-refractivity contribution in [2.24, 2.45) is 0 Å². The molecule has 1 unspecified atom stereocenters. The van der Waals surface area contributed by atoms with Crippen molar-refractivity contribution in [2.75, 3.05) is 0 Å². The molecule has 0 saturated carbocycles. The molecule has 13 heavy (non-hydrogen) atoms. The maximum atomic E-state index is 12.3. The Morgan fingerprint density at radius 3 is 2.31 bits per heavy atom. The van der Waals surface area contributed by atoms with Gasteiger partial charge in [-0.25, -0.2) is 0 Å². The molecule has 0 spiro atoms. The highest BCUT2D eigenvalue weighted by atomic mass is 79.9. The Labute approximate surface area is 94.4 Å². The molecule has 1 aromatic rings. The largest absolute Gasteiger partial charge is 0.405 e. The van der Waals surface area contributed by atoms with E-state index >= 15 is 0 Å². The third-order valence-electron chi connectivity index (χ3n) is 1.49. The first-order chi connectivity index (χ1) is 5.82. The molecule has 0 saturated heterocycles. The molecule has 0 amide bonds. The Balaban J connectivity index is 3.01. The Kier molecular flexibility index (Phi) is 3.46. The molecule has 0 N–H and O–H groups in total. The third-order valence-corrected chi connectivity index (χ3v) is 4.07. The first kappa shape index (κ1) is 11.5. The molecule has 1 atom stereocenters. The normalized spacial score (nSPS) is 14.6. The van der Waals surface area contributed by atoms with Crippen molar-refractivity contribution in [3.63, 3.8) is 0 Å². The van der Waals surface area contributed by atoms with Crippen LogP contribution >= 0.6 is 43.2 Å². The quantitative estimate of drug-likeness (QED) is 0.645. The van der Waals surface area contributed by atoms with Crippen LogP contribution in [0.25, 0.3) is 0 Å². The SMILES string of the molecule is Cc1sc(Br)cc1C(Br)C(F)(F)F. The van der Waals surface area contributed by atoms with E-state index in [1.54, 1.807) is 6.92 Å². The molecule has 1 rings (SSSR count). The Morgan fingerprint density at radius 2 is 2.00 bits per heavy atom. The predicted molar refractivity (Wildman–Crippen MR) is 54.5 cm³/mol. The van der Waals surface area contributed by atoms with Crippen molar-refractivity contribution in [3.8, 4) is 0 Å². The van der Waals surface area contributed by atoms with Gasteiger partial charge < -0.3 is 0 Å². The topological polar surface area (TPSA) is 0 Å². The molecule has 0 aliphatic heterocycles. The van der Waals surface area contributed by atoms with E-state index in [4.69, 9.17) is 0 Å². The summed E-state index contributed by atoms with van der Waals surface area (Å²) in [6.07, 6.45) is -4.23. The fourth-order valence-electron chi connectivity index (χ4n) is 0.886. The van der Waals surface area contributed by atoms with E-state index in [1.807, 2.05) is 0 Å². The summed E-state index contributed by atoms with van der Waals surface area (Å²) in [6.45, 7) is 1.67. The van der Waals surface area contributed by atoms with Crippen LogP contribution in [0.4, 0.5) is 13.2 Å². The lowest BCUT2D eigenvalue weighted by molar-refractivity contribution is -0.128. The first-order valence-corrected chi connectivity index (χ1v) is 5.81. The molecule has 0 radical (unpaired) electrons. The van der Waals surface area contributed by atoms with E-state index in [1.165, 1.54) is 17.4 Å². The predicted octanol–water partition coefficient (Wildman–Crippen LogP) is 4.82. The molecule has 0 nitrogen and oxygen atoms in total. The van der Waals surface area contributed by atoms with Gasteiger partial charge in [0.05, 0.1) is 3.79 Å². The van der Waals surface area contributed by atoms with Crippen molar-refractivity contribution in [3.05, 3.63) is 20.3 Å². The average molecular weight is 338 g/mol. The van der Waals surface area contributed by atoms with E-state index in [9.17, 15) is 13.2 Å². The molecular weight excluding hydrogens is 333 g/mol. The van der Waals surface area contributed by atoms with Crippen LogP contribution in [0.15, 0.2) is 9.85 Å². The zero-order valence-corrected chi connectivity index (χ0v) is 10.4. The van der Waals surface area contributed by atoms with E-state index < -0.39 is 11.0 Å². The maximum Gasteiger partial charge on any atom is 0.405 e. The molecule has 74 valence electrons. The molecule has 0 bridgehead atoms. The molecule has 0 aromatic carbocycles. The zero-order valence-electron chi connectivity index (χ0n) is 6.45. The average Bonchev–Trinajstić information content (AvgIpc) is 2.26. The van der Waals surface area contributed by atoms with Crippen molar-refractivity contribution in [1.29, 1.82) is 0 Å². The van der Waals surface area contributed by atoms with Crippen LogP contribution in [-0.4, -0.2) is 6.18 Å². The van der Waals surface area contributed by atoms with Gasteiger partial charge in [0, 0.05) is 4.88 Å². The Bertz CT molecular complexity index is 305. The summed E-state index contributed by atoms with van der Waals surface area (Å²) < 4.78 is 37.5. The second kappa shape index (κ2) is 3.90. The van der Waals surface area contributed by atoms with E-state index in [-0.39, 0.29) is 5.56 Å².